The Hall–Kier alpha value is -2.88. The maximum atomic E-state index is 13.0. The summed E-state index contributed by atoms with van der Waals surface area (Å²) in [4.78, 5) is 12.1. The van der Waals surface area contributed by atoms with Gasteiger partial charge in [0, 0.05) is 17.3 Å². The Kier molecular flexibility index (Phi) is 5.98. The van der Waals surface area contributed by atoms with Crippen LogP contribution in [0.3, 0.4) is 0 Å². The third kappa shape index (κ3) is 4.89. The van der Waals surface area contributed by atoms with Crippen LogP contribution in [0.25, 0.3) is 0 Å². The van der Waals surface area contributed by atoms with Crippen LogP contribution in [0.1, 0.15) is 29.8 Å². The van der Waals surface area contributed by atoms with E-state index in [2.05, 4.69) is 15.5 Å². The van der Waals surface area contributed by atoms with Crippen LogP contribution in [0.2, 0.25) is 5.02 Å². The van der Waals surface area contributed by atoms with E-state index in [9.17, 15) is 22.4 Å². The van der Waals surface area contributed by atoms with Crippen molar-refractivity contribution < 1.29 is 22.4 Å². The van der Waals surface area contributed by atoms with Gasteiger partial charge in [-0.1, -0.05) is 23.7 Å². The van der Waals surface area contributed by atoms with Gasteiger partial charge in [0.1, 0.15) is 17.9 Å². The molecule has 3 rings (SSSR count). The van der Waals surface area contributed by atoms with Gasteiger partial charge in [-0.3, -0.25) is 14.2 Å². The molecule has 0 saturated carbocycles. The fourth-order valence-electron chi connectivity index (χ4n) is 2.52. The van der Waals surface area contributed by atoms with E-state index in [1.165, 1.54) is 6.07 Å². The number of hydrogen-bond donors (Lipinski definition) is 1. The molecule has 0 aliphatic carbocycles. The van der Waals surface area contributed by atoms with Crippen molar-refractivity contribution in [2.45, 2.75) is 25.9 Å². The van der Waals surface area contributed by atoms with E-state index in [0.29, 0.717) is 22.3 Å². The highest BCUT2D eigenvalue weighted by atomic mass is 35.5. The van der Waals surface area contributed by atoms with E-state index in [0.717, 1.165) is 5.56 Å². The smallest absolute Gasteiger partial charge is 0.282 e. The first kappa shape index (κ1) is 19.9. The second kappa shape index (κ2) is 8.42. The van der Waals surface area contributed by atoms with Gasteiger partial charge in [0.05, 0.1) is 6.54 Å². The van der Waals surface area contributed by atoms with Crippen molar-refractivity contribution in [3.05, 3.63) is 64.6 Å². The van der Waals surface area contributed by atoms with Gasteiger partial charge in [-0.2, -0.15) is 10.2 Å². The fraction of sp³-hybridized carbons (Fsp3) is 0.235. The third-order valence-corrected chi connectivity index (χ3v) is 3.95. The van der Waals surface area contributed by atoms with E-state index in [4.69, 9.17) is 11.6 Å². The predicted molar refractivity (Wildman–Crippen MR) is 93.6 cm³/mol. The van der Waals surface area contributed by atoms with Gasteiger partial charge in [0.25, 0.3) is 12.9 Å². The topological polar surface area (TPSA) is 64.7 Å². The molecule has 0 atom stereocenters. The molecule has 0 saturated heterocycles. The number of halogens is 5. The Morgan fingerprint density at radius 3 is 2.57 bits per heavy atom. The number of amides is 1. The lowest BCUT2D eigenvalue weighted by atomic mass is 10.2. The summed E-state index contributed by atoms with van der Waals surface area (Å²) in [6.45, 7) is -0.240. The number of carbonyl (C=O) groups is 1. The van der Waals surface area contributed by atoms with Gasteiger partial charge in [0.15, 0.2) is 5.82 Å². The number of nitrogens with one attached hydrogen (secondary N) is 1. The number of anilines is 1. The summed E-state index contributed by atoms with van der Waals surface area (Å²) >= 11 is 5.92. The van der Waals surface area contributed by atoms with Crippen molar-refractivity contribution in [1.29, 1.82) is 0 Å². The van der Waals surface area contributed by atoms with Crippen molar-refractivity contribution in [2.24, 2.45) is 0 Å². The van der Waals surface area contributed by atoms with E-state index in [-0.39, 0.29) is 5.82 Å². The molecule has 0 aliphatic rings. The Morgan fingerprint density at radius 2 is 1.89 bits per heavy atom. The molecule has 0 spiro atoms. The van der Waals surface area contributed by atoms with Crippen LogP contribution < -0.4 is 5.32 Å². The van der Waals surface area contributed by atoms with Crippen molar-refractivity contribution in [3.8, 4) is 0 Å². The van der Waals surface area contributed by atoms with Crippen molar-refractivity contribution in [2.75, 3.05) is 5.32 Å². The molecule has 0 fully saturated rings. The summed E-state index contributed by atoms with van der Waals surface area (Å²) in [5.41, 5.74) is -0.669. The zero-order valence-corrected chi connectivity index (χ0v) is 15.0. The minimum absolute atomic E-state index is 0.187. The number of benzene rings is 1. The minimum Gasteiger partial charge on any atom is -0.308 e. The number of nitrogens with zero attached hydrogens (tertiary/aromatic N) is 4. The Balaban J connectivity index is 1.65. The van der Waals surface area contributed by atoms with Crippen LogP contribution >= 0.6 is 11.6 Å². The SMILES string of the molecule is O=C(Cn1nc(C(F)F)cc1C(F)F)Nc1ccn(Cc2cccc(Cl)c2)n1. The molecule has 148 valence electrons. The molecule has 1 amide bonds. The lowest BCUT2D eigenvalue weighted by Crippen LogP contribution is -2.21. The van der Waals surface area contributed by atoms with Crippen molar-refractivity contribution in [3.63, 3.8) is 0 Å². The molecule has 0 unspecified atom stereocenters. The average Bonchev–Trinajstić information content (AvgIpc) is 3.22. The predicted octanol–water partition coefficient (Wildman–Crippen LogP) is 4.30. The highest BCUT2D eigenvalue weighted by molar-refractivity contribution is 6.30. The first-order valence-electron chi connectivity index (χ1n) is 8.03. The van der Waals surface area contributed by atoms with E-state index in [1.807, 2.05) is 6.07 Å². The summed E-state index contributed by atoms with van der Waals surface area (Å²) < 4.78 is 53.4. The molecule has 3 aromatic rings. The van der Waals surface area contributed by atoms with Crippen molar-refractivity contribution in [1.82, 2.24) is 19.6 Å². The van der Waals surface area contributed by atoms with Crippen LogP contribution in [-0.2, 0) is 17.9 Å². The molecule has 6 nitrogen and oxygen atoms in total. The van der Waals surface area contributed by atoms with E-state index < -0.39 is 36.7 Å². The third-order valence-electron chi connectivity index (χ3n) is 3.71. The maximum absolute atomic E-state index is 13.0. The largest absolute Gasteiger partial charge is 0.308 e. The highest BCUT2D eigenvalue weighted by Crippen LogP contribution is 2.25. The van der Waals surface area contributed by atoms with Gasteiger partial charge in [-0.15, -0.1) is 0 Å². The molecule has 2 aromatic heterocycles. The van der Waals surface area contributed by atoms with E-state index >= 15 is 0 Å². The Morgan fingerprint density at radius 1 is 1.11 bits per heavy atom. The van der Waals surface area contributed by atoms with Crippen LogP contribution in [0, 0.1) is 0 Å². The summed E-state index contributed by atoms with van der Waals surface area (Å²) in [5, 5.41) is 10.5. The first-order valence-corrected chi connectivity index (χ1v) is 8.41. The van der Waals surface area contributed by atoms with Gasteiger partial charge >= 0.3 is 0 Å². The molecule has 0 bridgehead atoms. The fourth-order valence-corrected chi connectivity index (χ4v) is 2.73. The molecule has 11 heteroatoms. The van der Waals surface area contributed by atoms with Crippen LogP contribution in [0.15, 0.2) is 42.6 Å². The number of alkyl halides is 4. The molecule has 0 radical (unpaired) electrons. The monoisotopic (exact) mass is 415 g/mol. The lowest BCUT2D eigenvalue weighted by Gasteiger charge is -2.06. The van der Waals surface area contributed by atoms with Crippen LogP contribution in [0.5, 0.6) is 0 Å². The highest BCUT2D eigenvalue weighted by Gasteiger charge is 2.22. The maximum Gasteiger partial charge on any atom is 0.282 e. The average molecular weight is 416 g/mol. The molecule has 1 N–H and O–H groups in total. The van der Waals surface area contributed by atoms with Crippen LogP contribution in [-0.4, -0.2) is 25.5 Å². The molecule has 2 heterocycles. The second-order valence-corrected chi connectivity index (χ2v) is 6.27. The molecule has 28 heavy (non-hydrogen) atoms. The minimum atomic E-state index is -3.04. The molecular weight excluding hydrogens is 402 g/mol. The normalized spacial score (nSPS) is 11.4. The summed E-state index contributed by atoms with van der Waals surface area (Å²) in [7, 11) is 0. The Bertz CT molecular complexity index is 972. The zero-order chi connectivity index (χ0) is 20.3. The standard InChI is InChI=1S/C17H14ClF4N5O/c18-11-3-1-2-10(6-11)8-26-5-4-14(25-26)23-15(28)9-27-13(17(21)22)7-12(24-27)16(19)20/h1-7,16-17H,8-9H2,(H,23,25,28). The number of aromatic nitrogens is 4. The van der Waals surface area contributed by atoms with Crippen LogP contribution in [0.4, 0.5) is 23.4 Å². The Labute approximate surface area is 161 Å². The molecule has 1 aromatic carbocycles. The van der Waals surface area contributed by atoms with Gasteiger partial charge in [-0.05, 0) is 23.8 Å². The van der Waals surface area contributed by atoms with Gasteiger partial charge in [0.2, 0.25) is 5.91 Å². The summed E-state index contributed by atoms with van der Waals surface area (Å²) in [6.07, 6.45) is -4.43. The zero-order valence-electron chi connectivity index (χ0n) is 14.2. The number of rotatable bonds is 7. The van der Waals surface area contributed by atoms with E-state index in [1.54, 1.807) is 29.1 Å². The first-order chi connectivity index (χ1) is 13.3. The van der Waals surface area contributed by atoms with Crippen molar-refractivity contribution >= 4 is 23.3 Å². The second-order valence-electron chi connectivity index (χ2n) is 5.83. The lowest BCUT2D eigenvalue weighted by molar-refractivity contribution is -0.117. The van der Waals surface area contributed by atoms with Gasteiger partial charge in [-0.25, -0.2) is 17.6 Å². The number of carbonyl (C=O) groups excluding carboxylic acids is 1. The summed E-state index contributed by atoms with van der Waals surface area (Å²) in [6, 6.07) is 9.26. The molecule has 0 aliphatic heterocycles. The molecular formula is C17H14ClF4N5O. The number of hydrogen-bond acceptors (Lipinski definition) is 3. The summed E-state index contributed by atoms with van der Waals surface area (Å²) in [5.74, 6) is -0.536. The van der Waals surface area contributed by atoms with Gasteiger partial charge < -0.3 is 5.32 Å². The quantitative estimate of drug-likeness (QED) is 0.585.